The molecule has 0 spiro atoms. The Morgan fingerprint density at radius 1 is 1.23 bits per heavy atom. The van der Waals surface area contributed by atoms with Crippen LogP contribution in [0.15, 0.2) is 35.9 Å². The molecule has 0 bridgehead atoms. The molecule has 0 N–H and O–H groups in total. The van der Waals surface area contributed by atoms with Crippen molar-refractivity contribution in [2.24, 2.45) is 0 Å². The van der Waals surface area contributed by atoms with Crippen molar-refractivity contribution in [2.45, 2.75) is 20.0 Å². The lowest BCUT2D eigenvalue weighted by Crippen LogP contribution is -2.44. The third-order valence-electron chi connectivity index (χ3n) is 4.58. The Morgan fingerprint density at radius 2 is 2.08 bits per heavy atom. The van der Waals surface area contributed by atoms with Crippen LogP contribution in [0.25, 0.3) is 6.08 Å². The third kappa shape index (κ3) is 3.32. The van der Waals surface area contributed by atoms with Gasteiger partial charge >= 0.3 is 0 Å². The van der Waals surface area contributed by atoms with Crippen LogP contribution in [-0.4, -0.2) is 47.1 Å². The monoisotopic (exact) mass is 351 g/mol. The first-order valence-electron chi connectivity index (χ1n) is 8.75. The molecular weight excluding hydrogens is 330 g/mol. The maximum Gasteiger partial charge on any atom is 0.253 e. The fourth-order valence-electron chi connectivity index (χ4n) is 3.37. The fourth-order valence-corrected chi connectivity index (χ4v) is 3.37. The number of hydrogen-bond acceptors (Lipinski definition) is 5. The van der Waals surface area contributed by atoms with Crippen molar-refractivity contribution < 1.29 is 14.3 Å². The minimum atomic E-state index is -0.231. The lowest BCUT2D eigenvalue weighted by atomic mass is 10.1. The van der Waals surface area contributed by atoms with E-state index in [4.69, 9.17) is 9.47 Å². The summed E-state index contributed by atoms with van der Waals surface area (Å²) in [7, 11) is 0. The van der Waals surface area contributed by atoms with E-state index in [2.05, 4.69) is 9.97 Å². The van der Waals surface area contributed by atoms with E-state index in [9.17, 15) is 4.79 Å². The zero-order valence-electron chi connectivity index (χ0n) is 14.9. The topological polar surface area (TPSA) is 64.6 Å². The van der Waals surface area contributed by atoms with Crippen LogP contribution < -0.4 is 4.74 Å². The van der Waals surface area contributed by atoms with Crippen molar-refractivity contribution in [2.75, 3.05) is 26.3 Å². The van der Waals surface area contributed by atoms with E-state index in [1.54, 1.807) is 0 Å². The van der Waals surface area contributed by atoms with Gasteiger partial charge < -0.3 is 14.4 Å². The second-order valence-corrected chi connectivity index (χ2v) is 6.59. The molecule has 1 saturated heterocycles. The molecule has 1 amide bonds. The van der Waals surface area contributed by atoms with Gasteiger partial charge in [-0.3, -0.25) is 4.79 Å². The lowest BCUT2D eigenvalue weighted by Gasteiger charge is -2.33. The predicted molar refractivity (Wildman–Crippen MR) is 96.7 cm³/mol. The molecule has 0 saturated carbocycles. The summed E-state index contributed by atoms with van der Waals surface area (Å²) in [5.41, 5.74) is 3.33. The molecule has 0 radical (unpaired) electrons. The normalized spacial score (nSPS) is 19.4. The van der Waals surface area contributed by atoms with Gasteiger partial charge in [0.05, 0.1) is 24.4 Å². The van der Waals surface area contributed by atoms with Crippen molar-refractivity contribution in [3.63, 3.8) is 0 Å². The highest BCUT2D eigenvalue weighted by Gasteiger charge is 2.29. The average Bonchev–Trinajstić information content (AvgIpc) is 2.66. The number of carbonyl (C=O) groups excluding carboxylic acids is 1. The van der Waals surface area contributed by atoms with Crippen LogP contribution >= 0.6 is 0 Å². The Kier molecular flexibility index (Phi) is 4.42. The van der Waals surface area contributed by atoms with Gasteiger partial charge in [0.15, 0.2) is 0 Å². The number of benzene rings is 1. The highest BCUT2D eigenvalue weighted by molar-refractivity contribution is 5.99. The summed E-state index contributed by atoms with van der Waals surface area (Å²) in [4.78, 5) is 23.6. The van der Waals surface area contributed by atoms with E-state index in [-0.39, 0.29) is 12.0 Å². The highest BCUT2D eigenvalue weighted by Crippen LogP contribution is 2.28. The number of aromatic nitrogens is 2. The molecule has 2 aromatic rings. The minimum Gasteiger partial charge on any atom is -0.488 e. The number of fused-ring (bicyclic) bond motifs is 1. The zero-order chi connectivity index (χ0) is 18.1. The maximum absolute atomic E-state index is 13.0. The van der Waals surface area contributed by atoms with E-state index in [0.29, 0.717) is 37.7 Å². The van der Waals surface area contributed by atoms with Crippen molar-refractivity contribution in [3.8, 4) is 5.75 Å². The summed E-state index contributed by atoms with van der Waals surface area (Å²) in [5, 5.41) is 0. The van der Waals surface area contributed by atoms with Crippen LogP contribution in [0.4, 0.5) is 0 Å². The van der Waals surface area contributed by atoms with Crippen LogP contribution in [0, 0.1) is 13.8 Å². The minimum absolute atomic E-state index is 0.00435. The fraction of sp³-hybridized carbons (Fsp3) is 0.350. The summed E-state index contributed by atoms with van der Waals surface area (Å²) in [6, 6.07) is 9.66. The molecule has 2 aliphatic rings. The first kappa shape index (κ1) is 16.7. The number of aryl methyl sites for hydroxylation is 2. The predicted octanol–water partition coefficient (Wildman–Crippen LogP) is 2.47. The zero-order valence-corrected chi connectivity index (χ0v) is 14.9. The summed E-state index contributed by atoms with van der Waals surface area (Å²) < 4.78 is 11.6. The average molecular weight is 351 g/mol. The highest BCUT2D eigenvalue weighted by atomic mass is 16.5. The van der Waals surface area contributed by atoms with E-state index >= 15 is 0 Å². The molecule has 6 heteroatoms. The van der Waals surface area contributed by atoms with Gasteiger partial charge in [0.25, 0.3) is 5.91 Å². The number of ether oxygens (including phenoxy) is 2. The van der Waals surface area contributed by atoms with E-state index in [1.807, 2.05) is 55.2 Å². The Morgan fingerprint density at radius 3 is 2.92 bits per heavy atom. The largest absolute Gasteiger partial charge is 0.488 e. The van der Waals surface area contributed by atoms with E-state index in [1.165, 1.54) is 0 Å². The lowest BCUT2D eigenvalue weighted by molar-refractivity contribution is -0.135. The number of hydrogen-bond donors (Lipinski definition) is 0. The van der Waals surface area contributed by atoms with Crippen LogP contribution in [-0.2, 0) is 9.53 Å². The van der Waals surface area contributed by atoms with Crippen molar-refractivity contribution in [1.29, 1.82) is 0 Å². The molecule has 2 aliphatic heterocycles. The summed E-state index contributed by atoms with van der Waals surface area (Å²) in [6.45, 7) is 5.63. The number of nitrogens with zero attached hydrogens (tertiary/aromatic N) is 3. The van der Waals surface area contributed by atoms with Gasteiger partial charge in [-0.25, -0.2) is 9.97 Å². The van der Waals surface area contributed by atoms with Crippen molar-refractivity contribution in [1.82, 2.24) is 14.9 Å². The van der Waals surface area contributed by atoms with Crippen LogP contribution in [0.2, 0.25) is 0 Å². The van der Waals surface area contributed by atoms with Gasteiger partial charge in [0.1, 0.15) is 24.3 Å². The van der Waals surface area contributed by atoms with Gasteiger partial charge in [0.2, 0.25) is 0 Å². The quantitative estimate of drug-likeness (QED) is 0.832. The van der Waals surface area contributed by atoms with Crippen LogP contribution in [0.3, 0.4) is 0 Å². The van der Waals surface area contributed by atoms with Gasteiger partial charge in [-0.15, -0.1) is 0 Å². The molecule has 0 unspecified atom stereocenters. The first-order valence-corrected chi connectivity index (χ1v) is 8.75. The standard InChI is InChI=1S/C20H21N3O3/c1-13-9-17(22-14(2)21-13)19-11-23(7-8-25-19)20(24)16-10-15-5-3-4-6-18(15)26-12-16/h3-6,9-10,19H,7-8,11-12H2,1-2H3/t19-/m1/s1. The first-order chi connectivity index (χ1) is 12.6. The second-order valence-electron chi connectivity index (χ2n) is 6.59. The molecule has 26 heavy (non-hydrogen) atoms. The van der Waals surface area contributed by atoms with Crippen LogP contribution in [0.5, 0.6) is 5.75 Å². The summed E-state index contributed by atoms with van der Waals surface area (Å²) >= 11 is 0. The smallest absolute Gasteiger partial charge is 0.253 e. The molecule has 1 atom stereocenters. The molecule has 0 aliphatic carbocycles. The second kappa shape index (κ2) is 6.88. The summed E-state index contributed by atoms with van der Waals surface area (Å²) in [6.07, 6.45) is 1.69. The van der Waals surface area contributed by atoms with E-state index in [0.717, 1.165) is 22.7 Å². The Balaban J connectivity index is 1.53. The Bertz CT molecular complexity index is 858. The van der Waals surface area contributed by atoms with Crippen LogP contribution in [0.1, 0.15) is 28.9 Å². The molecule has 4 rings (SSSR count). The van der Waals surface area contributed by atoms with Crippen molar-refractivity contribution in [3.05, 3.63) is 58.7 Å². The molecular formula is C20H21N3O3. The molecule has 3 heterocycles. The molecule has 1 fully saturated rings. The SMILES string of the molecule is Cc1cc([C@H]2CN(C(=O)C3=Cc4ccccc4OC3)CCO2)nc(C)n1. The third-order valence-corrected chi connectivity index (χ3v) is 4.58. The summed E-state index contributed by atoms with van der Waals surface area (Å²) in [5.74, 6) is 1.53. The Hall–Kier alpha value is -2.73. The molecule has 1 aromatic heterocycles. The molecule has 1 aromatic carbocycles. The van der Waals surface area contributed by atoms with Gasteiger partial charge in [-0.05, 0) is 32.1 Å². The Labute approximate surface area is 152 Å². The number of amides is 1. The molecule has 134 valence electrons. The maximum atomic E-state index is 13.0. The van der Waals surface area contributed by atoms with E-state index < -0.39 is 0 Å². The number of morpholine rings is 1. The van der Waals surface area contributed by atoms with Gasteiger partial charge in [0, 0.05) is 17.8 Å². The number of carbonyl (C=O) groups is 1. The van der Waals surface area contributed by atoms with Gasteiger partial charge in [-0.2, -0.15) is 0 Å². The molecule has 6 nitrogen and oxygen atoms in total. The number of para-hydroxylation sites is 1. The van der Waals surface area contributed by atoms with Gasteiger partial charge in [-0.1, -0.05) is 18.2 Å². The van der Waals surface area contributed by atoms with Crippen molar-refractivity contribution >= 4 is 12.0 Å². The number of rotatable bonds is 2.